The fraction of sp³-hybridized carbons (Fsp3) is 0.552. The minimum Gasteiger partial charge on any atom is -0.478 e. The van der Waals surface area contributed by atoms with E-state index in [1.54, 1.807) is 14.0 Å². The molecule has 1 unspecified atom stereocenters. The summed E-state index contributed by atoms with van der Waals surface area (Å²) in [7, 11) is 1.63. The van der Waals surface area contributed by atoms with Gasteiger partial charge < -0.3 is 19.3 Å². The molecule has 5 heteroatoms. The molecule has 0 radical (unpaired) electrons. The van der Waals surface area contributed by atoms with Gasteiger partial charge in [-0.25, -0.2) is 4.79 Å². The molecule has 0 aromatic heterocycles. The largest absolute Gasteiger partial charge is 0.478 e. The van der Waals surface area contributed by atoms with Gasteiger partial charge in [0.15, 0.2) is 13.1 Å². The molecule has 4 saturated carbocycles. The first-order valence-corrected chi connectivity index (χ1v) is 12.5. The summed E-state index contributed by atoms with van der Waals surface area (Å²) in [5.74, 6) is 2.53. The molecule has 1 atom stereocenters. The highest BCUT2D eigenvalue weighted by Crippen LogP contribution is 2.62. The van der Waals surface area contributed by atoms with E-state index in [-0.39, 0.29) is 18.5 Å². The normalized spacial score (nSPS) is 29.6. The van der Waals surface area contributed by atoms with Crippen LogP contribution in [0.25, 0.3) is 5.57 Å². The third-order valence-corrected chi connectivity index (χ3v) is 7.95. The summed E-state index contributed by atoms with van der Waals surface area (Å²) in [6.45, 7) is 5.92. The molecular weight excluding hydrogens is 428 g/mol. The number of allylic oxidation sites excluding steroid dienone is 5. The van der Waals surface area contributed by atoms with Gasteiger partial charge in [0.1, 0.15) is 5.75 Å². The molecule has 184 valence electrons. The van der Waals surface area contributed by atoms with Crippen molar-refractivity contribution in [3.63, 3.8) is 0 Å². The first-order valence-electron chi connectivity index (χ1n) is 12.5. The average molecular weight is 467 g/mol. The summed E-state index contributed by atoms with van der Waals surface area (Å²) in [5, 5.41) is 8.90. The summed E-state index contributed by atoms with van der Waals surface area (Å²) < 4.78 is 17.0. The van der Waals surface area contributed by atoms with Gasteiger partial charge in [0.2, 0.25) is 0 Å². The molecule has 1 aromatic rings. The number of ether oxygens (including phenoxy) is 3. The molecule has 4 bridgehead atoms. The number of benzene rings is 1. The highest BCUT2D eigenvalue weighted by atomic mass is 16.7. The van der Waals surface area contributed by atoms with E-state index in [0.717, 1.165) is 29.1 Å². The zero-order valence-corrected chi connectivity index (χ0v) is 20.9. The lowest BCUT2D eigenvalue weighted by atomic mass is 9.48. The SMILES string of the molecule is COC(C)OCOc1ccc(C(C)=CC=CC(C)=CC(=O)O)cc1C12CC3CC(CC(C3)C1)C2. The number of hydrogen-bond acceptors (Lipinski definition) is 4. The summed E-state index contributed by atoms with van der Waals surface area (Å²) in [4.78, 5) is 10.8. The summed E-state index contributed by atoms with van der Waals surface area (Å²) >= 11 is 0. The highest BCUT2D eigenvalue weighted by Gasteiger charge is 2.52. The second-order valence-electron chi connectivity index (χ2n) is 10.6. The van der Waals surface area contributed by atoms with Gasteiger partial charge in [-0.2, -0.15) is 0 Å². The lowest BCUT2D eigenvalue weighted by Crippen LogP contribution is -2.48. The Morgan fingerprint density at radius 2 is 1.79 bits per heavy atom. The van der Waals surface area contributed by atoms with Gasteiger partial charge >= 0.3 is 5.97 Å². The van der Waals surface area contributed by atoms with E-state index in [4.69, 9.17) is 19.3 Å². The molecule has 4 fully saturated rings. The van der Waals surface area contributed by atoms with Crippen molar-refractivity contribution in [3.05, 3.63) is 59.2 Å². The number of rotatable bonds is 10. The molecular formula is C29H38O5. The number of methoxy groups -OCH3 is 1. The van der Waals surface area contributed by atoms with E-state index in [2.05, 4.69) is 25.1 Å². The van der Waals surface area contributed by atoms with Gasteiger partial charge in [-0.3, -0.25) is 0 Å². The van der Waals surface area contributed by atoms with Crippen LogP contribution < -0.4 is 4.74 Å². The molecule has 4 aliphatic rings. The van der Waals surface area contributed by atoms with Crippen molar-refractivity contribution < 1.29 is 24.1 Å². The topological polar surface area (TPSA) is 65.0 Å². The quantitative estimate of drug-likeness (QED) is 0.243. The number of carbonyl (C=O) groups is 1. The van der Waals surface area contributed by atoms with Crippen molar-refractivity contribution in [1.82, 2.24) is 0 Å². The third-order valence-electron chi connectivity index (χ3n) is 7.95. The van der Waals surface area contributed by atoms with Crippen molar-refractivity contribution in [1.29, 1.82) is 0 Å². The molecule has 0 amide bonds. The van der Waals surface area contributed by atoms with Crippen LogP contribution >= 0.6 is 0 Å². The predicted molar refractivity (Wildman–Crippen MR) is 134 cm³/mol. The lowest BCUT2D eigenvalue weighted by molar-refractivity contribution is -0.150. The van der Waals surface area contributed by atoms with E-state index in [9.17, 15) is 4.79 Å². The summed E-state index contributed by atoms with van der Waals surface area (Å²) in [6.07, 6.45) is 14.7. The Morgan fingerprint density at radius 1 is 1.15 bits per heavy atom. The van der Waals surface area contributed by atoms with Gasteiger partial charge in [-0.1, -0.05) is 24.3 Å². The molecule has 0 heterocycles. The molecule has 5 rings (SSSR count). The van der Waals surface area contributed by atoms with Crippen LogP contribution in [0.4, 0.5) is 0 Å². The standard InChI is InChI=1S/C29H38O5/c1-19(10-28(30)31)6-5-7-20(2)25-8-9-27(34-18-33-21(3)32-4)26(14-25)29-15-22-11-23(16-29)13-24(12-22)17-29/h5-10,14,21-24H,11-13,15-18H2,1-4H3,(H,30,31). The number of aliphatic carboxylic acids is 1. The first-order chi connectivity index (χ1) is 16.3. The molecule has 0 saturated heterocycles. The maximum Gasteiger partial charge on any atom is 0.328 e. The van der Waals surface area contributed by atoms with Crippen LogP contribution in [0.3, 0.4) is 0 Å². The minimum absolute atomic E-state index is 0.167. The Bertz CT molecular complexity index is 951. The van der Waals surface area contributed by atoms with Crippen LogP contribution in [0.1, 0.15) is 70.4 Å². The maximum atomic E-state index is 10.8. The Labute approximate surface area is 203 Å². The van der Waals surface area contributed by atoms with E-state index in [1.165, 1.54) is 55.7 Å². The van der Waals surface area contributed by atoms with Crippen LogP contribution in [0.15, 0.2) is 48.1 Å². The molecule has 0 spiro atoms. The van der Waals surface area contributed by atoms with Crippen LogP contribution in [-0.2, 0) is 19.7 Å². The van der Waals surface area contributed by atoms with Gasteiger partial charge in [0.25, 0.3) is 0 Å². The zero-order valence-electron chi connectivity index (χ0n) is 20.9. The van der Waals surface area contributed by atoms with E-state index in [0.29, 0.717) is 5.57 Å². The Balaban J connectivity index is 1.62. The zero-order chi connectivity index (χ0) is 24.3. The van der Waals surface area contributed by atoms with Crippen molar-refractivity contribution in [3.8, 4) is 5.75 Å². The fourth-order valence-electron chi connectivity index (χ4n) is 6.70. The number of carboxylic acids is 1. The molecule has 1 N–H and O–H groups in total. The van der Waals surface area contributed by atoms with E-state index < -0.39 is 5.97 Å². The van der Waals surface area contributed by atoms with E-state index in [1.807, 2.05) is 25.2 Å². The highest BCUT2D eigenvalue weighted by molar-refractivity contribution is 5.81. The molecule has 1 aromatic carbocycles. The van der Waals surface area contributed by atoms with Crippen molar-refractivity contribution in [2.45, 2.75) is 71.0 Å². The molecule has 0 aliphatic heterocycles. The second kappa shape index (κ2) is 10.5. The second-order valence-corrected chi connectivity index (χ2v) is 10.6. The Hall–Kier alpha value is -2.37. The lowest BCUT2D eigenvalue weighted by Gasteiger charge is -2.57. The Morgan fingerprint density at radius 3 is 2.38 bits per heavy atom. The summed E-state index contributed by atoms with van der Waals surface area (Å²) in [5.41, 5.74) is 4.55. The van der Waals surface area contributed by atoms with Crippen LogP contribution in [0.5, 0.6) is 5.75 Å². The fourth-order valence-corrected chi connectivity index (χ4v) is 6.70. The monoisotopic (exact) mass is 466 g/mol. The van der Waals surface area contributed by atoms with Crippen molar-refractivity contribution >= 4 is 11.5 Å². The Kier molecular flexibility index (Phi) is 7.63. The summed E-state index contributed by atoms with van der Waals surface area (Å²) in [6, 6.07) is 6.54. The van der Waals surface area contributed by atoms with Gasteiger partial charge in [-0.05, 0) is 111 Å². The molecule has 34 heavy (non-hydrogen) atoms. The van der Waals surface area contributed by atoms with Crippen LogP contribution in [-0.4, -0.2) is 31.3 Å². The molecule has 4 aliphatic carbocycles. The van der Waals surface area contributed by atoms with Gasteiger partial charge in [0, 0.05) is 18.7 Å². The average Bonchev–Trinajstić information content (AvgIpc) is 2.77. The van der Waals surface area contributed by atoms with Crippen LogP contribution in [0.2, 0.25) is 0 Å². The smallest absolute Gasteiger partial charge is 0.328 e. The van der Waals surface area contributed by atoms with Crippen LogP contribution in [0, 0.1) is 17.8 Å². The number of hydrogen-bond donors (Lipinski definition) is 1. The molecule has 5 nitrogen and oxygen atoms in total. The predicted octanol–water partition coefficient (Wildman–Crippen LogP) is 6.49. The third kappa shape index (κ3) is 5.64. The van der Waals surface area contributed by atoms with Crippen molar-refractivity contribution in [2.75, 3.05) is 13.9 Å². The maximum absolute atomic E-state index is 10.8. The van der Waals surface area contributed by atoms with Gasteiger partial charge in [-0.15, -0.1) is 0 Å². The van der Waals surface area contributed by atoms with E-state index >= 15 is 0 Å². The first kappa shape index (κ1) is 24.7. The van der Waals surface area contributed by atoms with Gasteiger partial charge in [0.05, 0.1) is 0 Å². The van der Waals surface area contributed by atoms with Crippen molar-refractivity contribution in [2.24, 2.45) is 17.8 Å². The minimum atomic E-state index is -0.928. The number of carboxylic acid groups (broad SMARTS) is 1.